The van der Waals surface area contributed by atoms with Crippen LogP contribution < -0.4 is 0 Å². The molecule has 0 saturated carbocycles. The number of aromatic nitrogens is 3. The maximum atomic E-state index is 5.11. The summed E-state index contributed by atoms with van der Waals surface area (Å²) in [7, 11) is 0. The van der Waals surface area contributed by atoms with Gasteiger partial charge >= 0.3 is 0 Å². The summed E-state index contributed by atoms with van der Waals surface area (Å²) in [6.45, 7) is 0. The summed E-state index contributed by atoms with van der Waals surface area (Å²) >= 11 is 1.84. The number of hydrogen-bond acceptors (Lipinski definition) is 4. The van der Waals surface area contributed by atoms with Crippen molar-refractivity contribution in [2.24, 2.45) is 0 Å². The molecule has 0 bridgehead atoms. The molecule has 3 heterocycles. The van der Waals surface area contributed by atoms with Crippen LogP contribution in [0, 0.1) is 0 Å². The van der Waals surface area contributed by atoms with Crippen molar-refractivity contribution in [1.82, 2.24) is 15.0 Å². The minimum Gasteiger partial charge on any atom is -0.265 e. The van der Waals surface area contributed by atoms with Gasteiger partial charge in [-0.1, -0.05) is 84.9 Å². The van der Waals surface area contributed by atoms with Gasteiger partial charge in [-0.05, 0) is 76.9 Å². The van der Waals surface area contributed by atoms with Crippen LogP contribution in [-0.4, -0.2) is 15.0 Å². The molecule has 0 atom stereocenters. The van der Waals surface area contributed by atoms with E-state index in [9.17, 15) is 0 Å². The predicted octanol–water partition coefficient (Wildman–Crippen LogP) is 10.6. The van der Waals surface area contributed by atoms with E-state index in [4.69, 9.17) is 9.97 Å². The van der Waals surface area contributed by atoms with Crippen LogP contribution in [0.5, 0.6) is 0 Å². The third-order valence-electron chi connectivity index (χ3n) is 7.78. The Balaban J connectivity index is 1.35. The third-order valence-corrected chi connectivity index (χ3v) is 8.93. The van der Waals surface area contributed by atoms with E-state index in [0.717, 1.165) is 39.2 Å². The number of benzene rings is 5. The first kappa shape index (κ1) is 25.3. The van der Waals surface area contributed by atoms with E-state index >= 15 is 0 Å². The van der Waals surface area contributed by atoms with E-state index in [2.05, 4.69) is 114 Å². The number of pyridine rings is 1. The first-order chi connectivity index (χ1) is 21.3. The van der Waals surface area contributed by atoms with E-state index in [0.29, 0.717) is 5.82 Å². The topological polar surface area (TPSA) is 38.7 Å². The first-order valence-electron chi connectivity index (χ1n) is 14.3. The van der Waals surface area contributed by atoms with Gasteiger partial charge in [-0.2, -0.15) is 0 Å². The second-order valence-electron chi connectivity index (χ2n) is 10.5. The molecule has 8 rings (SSSR count). The van der Waals surface area contributed by atoms with Crippen LogP contribution in [0.4, 0.5) is 0 Å². The van der Waals surface area contributed by atoms with Gasteiger partial charge in [0, 0.05) is 49.3 Å². The Labute approximate surface area is 253 Å². The van der Waals surface area contributed by atoms with Crippen molar-refractivity contribution in [2.45, 2.75) is 0 Å². The van der Waals surface area contributed by atoms with Gasteiger partial charge in [0.05, 0.1) is 11.4 Å². The molecule has 0 N–H and O–H groups in total. The summed E-state index contributed by atoms with van der Waals surface area (Å²) < 4.78 is 2.61. The molecule has 3 nitrogen and oxygen atoms in total. The summed E-state index contributed by atoms with van der Waals surface area (Å²) in [5.41, 5.74) is 9.44. The highest BCUT2D eigenvalue weighted by Crippen LogP contribution is 2.39. The molecule has 0 aliphatic rings. The molecule has 0 saturated heterocycles. The summed E-state index contributed by atoms with van der Waals surface area (Å²) in [4.78, 5) is 14.3. The van der Waals surface area contributed by atoms with E-state index in [1.165, 1.54) is 31.3 Å². The highest BCUT2D eigenvalue weighted by atomic mass is 32.1. The van der Waals surface area contributed by atoms with Gasteiger partial charge in [0.25, 0.3) is 0 Å². The summed E-state index contributed by atoms with van der Waals surface area (Å²) in [6, 6.07) is 49.1. The zero-order valence-electron chi connectivity index (χ0n) is 23.2. The Morgan fingerprint density at radius 3 is 1.74 bits per heavy atom. The molecule has 0 aliphatic heterocycles. The number of nitrogens with zero attached hydrogens (tertiary/aromatic N) is 3. The van der Waals surface area contributed by atoms with Crippen molar-refractivity contribution in [2.75, 3.05) is 0 Å². The van der Waals surface area contributed by atoms with Gasteiger partial charge in [0.1, 0.15) is 0 Å². The van der Waals surface area contributed by atoms with Gasteiger partial charge in [0.2, 0.25) is 0 Å². The molecule has 4 heteroatoms. The van der Waals surface area contributed by atoms with E-state index < -0.39 is 0 Å². The molecule has 8 aromatic rings. The number of fused-ring (bicyclic) bond motifs is 3. The van der Waals surface area contributed by atoms with E-state index in [-0.39, 0.29) is 0 Å². The number of thiophene rings is 1. The van der Waals surface area contributed by atoms with Crippen molar-refractivity contribution >= 4 is 31.5 Å². The third kappa shape index (κ3) is 4.88. The molecule has 3 aromatic heterocycles. The van der Waals surface area contributed by atoms with Gasteiger partial charge in [-0.25, -0.2) is 9.97 Å². The highest BCUT2D eigenvalue weighted by molar-refractivity contribution is 7.25. The first-order valence-corrected chi connectivity index (χ1v) is 15.1. The molecule has 0 spiro atoms. The van der Waals surface area contributed by atoms with Gasteiger partial charge in [-0.15, -0.1) is 11.3 Å². The van der Waals surface area contributed by atoms with Gasteiger partial charge in [-0.3, -0.25) is 4.98 Å². The second-order valence-corrected chi connectivity index (χ2v) is 11.6. The molecule has 202 valence electrons. The van der Waals surface area contributed by atoms with Crippen molar-refractivity contribution < 1.29 is 0 Å². The second kappa shape index (κ2) is 10.8. The lowest BCUT2D eigenvalue weighted by Gasteiger charge is -2.13. The van der Waals surface area contributed by atoms with Crippen molar-refractivity contribution in [3.05, 3.63) is 152 Å². The van der Waals surface area contributed by atoms with Crippen molar-refractivity contribution in [1.29, 1.82) is 0 Å². The smallest absolute Gasteiger partial charge is 0.160 e. The zero-order chi connectivity index (χ0) is 28.6. The minimum atomic E-state index is 0.677. The molecule has 5 aromatic carbocycles. The van der Waals surface area contributed by atoms with Crippen LogP contribution >= 0.6 is 11.3 Å². The van der Waals surface area contributed by atoms with Crippen LogP contribution in [-0.2, 0) is 0 Å². The minimum absolute atomic E-state index is 0.677. The molecular weight excluding hydrogens is 543 g/mol. The maximum absolute atomic E-state index is 5.11. The van der Waals surface area contributed by atoms with Crippen LogP contribution in [0.3, 0.4) is 0 Å². The molecule has 0 radical (unpaired) electrons. The van der Waals surface area contributed by atoms with E-state index in [1.54, 1.807) is 12.4 Å². The monoisotopic (exact) mass is 567 g/mol. The summed E-state index contributed by atoms with van der Waals surface area (Å²) in [5.74, 6) is 0.677. The Morgan fingerprint density at radius 1 is 0.372 bits per heavy atom. The largest absolute Gasteiger partial charge is 0.265 e. The Kier molecular flexibility index (Phi) is 6.32. The lowest BCUT2D eigenvalue weighted by molar-refractivity contribution is 1.18. The fourth-order valence-corrected chi connectivity index (χ4v) is 6.71. The molecule has 0 fully saturated rings. The van der Waals surface area contributed by atoms with E-state index in [1.807, 2.05) is 41.7 Å². The Hall–Kier alpha value is -5.45. The Morgan fingerprint density at radius 2 is 0.977 bits per heavy atom. The molecular formula is C39H25N3S. The fourth-order valence-electron chi connectivity index (χ4n) is 5.63. The SMILES string of the molecule is c1ccc(-c2cc(-c3ccc4sc5ccccc5c4c3)cc(-c3cc(-c4ccccc4)nc(-c4ccncc4)n3)c2)cc1. The standard InChI is InChI=1S/C39H25N3S/c1-3-9-26(10-4-1)30-21-31(29-15-16-38-34(24-29)33-13-7-8-14-37(33)43-38)23-32(22-30)36-25-35(27-11-5-2-6-12-27)41-39(42-36)28-17-19-40-20-18-28/h1-25H. The quantitative estimate of drug-likeness (QED) is 0.208. The number of hydrogen-bond donors (Lipinski definition) is 0. The number of rotatable bonds is 5. The van der Waals surface area contributed by atoms with Crippen LogP contribution in [0.2, 0.25) is 0 Å². The molecule has 0 unspecified atom stereocenters. The van der Waals surface area contributed by atoms with Gasteiger partial charge in [0.15, 0.2) is 5.82 Å². The zero-order valence-corrected chi connectivity index (χ0v) is 24.0. The van der Waals surface area contributed by atoms with Crippen LogP contribution in [0.25, 0.3) is 76.3 Å². The van der Waals surface area contributed by atoms with Gasteiger partial charge < -0.3 is 0 Å². The average Bonchev–Trinajstić information content (AvgIpc) is 3.47. The predicted molar refractivity (Wildman–Crippen MR) is 180 cm³/mol. The van der Waals surface area contributed by atoms with Crippen LogP contribution in [0.1, 0.15) is 0 Å². The average molecular weight is 568 g/mol. The summed E-state index contributed by atoms with van der Waals surface area (Å²) in [6.07, 6.45) is 3.57. The molecule has 43 heavy (non-hydrogen) atoms. The Bertz CT molecular complexity index is 2170. The maximum Gasteiger partial charge on any atom is 0.160 e. The fraction of sp³-hybridized carbons (Fsp3) is 0. The lowest BCUT2D eigenvalue weighted by atomic mass is 9.94. The lowest BCUT2D eigenvalue weighted by Crippen LogP contribution is -1.96. The molecule has 0 amide bonds. The van der Waals surface area contributed by atoms with Crippen molar-refractivity contribution in [3.8, 4) is 56.2 Å². The molecule has 0 aliphatic carbocycles. The highest BCUT2D eigenvalue weighted by Gasteiger charge is 2.14. The normalized spacial score (nSPS) is 11.3. The summed E-state index contributed by atoms with van der Waals surface area (Å²) in [5, 5.41) is 2.59. The van der Waals surface area contributed by atoms with Crippen LogP contribution in [0.15, 0.2) is 152 Å². The van der Waals surface area contributed by atoms with Crippen molar-refractivity contribution in [3.63, 3.8) is 0 Å².